The first-order valence-electron chi connectivity index (χ1n) is 6.91. The average molecular weight is 272 g/mol. The van der Waals surface area contributed by atoms with Crippen molar-refractivity contribution in [3.8, 4) is 0 Å². The summed E-state index contributed by atoms with van der Waals surface area (Å²) in [6.45, 7) is 6.78. The highest BCUT2D eigenvalue weighted by Crippen LogP contribution is 2.26. The topological polar surface area (TPSA) is 61.8 Å². The van der Waals surface area contributed by atoms with Crippen LogP contribution in [0, 0.1) is 5.92 Å². The molecular formula is C14H24O5. The number of hydrogen-bond acceptors (Lipinski definition) is 5. The fourth-order valence-electron chi connectivity index (χ4n) is 2.24. The molecule has 19 heavy (non-hydrogen) atoms. The van der Waals surface area contributed by atoms with Crippen LogP contribution in [0.2, 0.25) is 0 Å². The molecule has 5 nitrogen and oxygen atoms in total. The molecule has 0 aromatic carbocycles. The van der Waals surface area contributed by atoms with Gasteiger partial charge in [0.05, 0.1) is 26.2 Å². The molecule has 0 saturated carbocycles. The first kappa shape index (κ1) is 16.1. The van der Waals surface area contributed by atoms with Gasteiger partial charge in [-0.05, 0) is 33.6 Å². The van der Waals surface area contributed by atoms with E-state index in [9.17, 15) is 9.59 Å². The van der Waals surface area contributed by atoms with Gasteiger partial charge in [0.1, 0.15) is 5.78 Å². The highest BCUT2D eigenvalue weighted by molar-refractivity contribution is 5.83. The summed E-state index contributed by atoms with van der Waals surface area (Å²) in [4.78, 5) is 22.9. The summed E-state index contributed by atoms with van der Waals surface area (Å²) in [6.07, 6.45) is 2.36. The Labute approximate surface area is 114 Å². The lowest BCUT2D eigenvalue weighted by atomic mass is 9.93. The van der Waals surface area contributed by atoms with Gasteiger partial charge in [0.15, 0.2) is 5.79 Å². The summed E-state index contributed by atoms with van der Waals surface area (Å²) < 4.78 is 15.9. The SMILES string of the molecule is CCOC(=O)CC(CCCC1(C)OCCO1)C(C)=O. The van der Waals surface area contributed by atoms with Crippen LogP contribution in [0.15, 0.2) is 0 Å². The Morgan fingerprint density at radius 3 is 2.47 bits per heavy atom. The van der Waals surface area contributed by atoms with Gasteiger partial charge in [0.2, 0.25) is 0 Å². The molecule has 1 rings (SSSR count). The van der Waals surface area contributed by atoms with Crippen LogP contribution >= 0.6 is 0 Å². The number of hydrogen-bond donors (Lipinski definition) is 0. The lowest BCUT2D eigenvalue weighted by molar-refractivity contribution is -0.149. The Balaban J connectivity index is 2.33. The summed E-state index contributed by atoms with van der Waals surface area (Å²) >= 11 is 0. The van der Waals surface area contributed by atoms with E-state index in [1.54, 1.807) is 6.92 Å². The number of ether oxygens (including phenoxy) is 3. The van der Waals surface area contributed by atoms with E-state index in [1.807, 2.05) is 6.92 Å². The number of esters is 1. The van der Waals surface area contributed by atoms with Gasteiger partial charge in [-0.25, -0.2) is 0 Å². The standard InChI is InChI=1S/C14H24O5/c1-4-17-13(16)10-12(11(2)15)6-5-7-14(3)18-8-9-19-14/h12H,4-10H2,1-3H3. The Morgan fingerprint density at radius 1 is 1.32 bits per heavy atom. The molecule has 1 atom stereocenters. The van der Waals surface area contributed by atoms with Gasteiger partial charge in [-0.1, -0.05) is 0 Å². The van der Waals surface area contributed by atoms with Gasteiger partial charge >= 0.3 is 5.97 Å². The van der Waals surface area contributed by atoms with Crippen LogP contribution in [0.25, 0.3) is 0 Å². The maximum absolute atomic E-state index is 11.5. The predicted molar refractivity (Wildman–Crippen MR) is 69.6 cm³/mol. The normalized spacial score (nSPS) is 19.1. The zero-order chi connectivity index (χ0) is 14.3. The quantitative estimate of drug-likeness (QED) is 0.633. The molecule has 1 fully saturated rings. The summed E-state index contributed by atoms with van der Waals surface area (Å²) in [6, 6.07) is 0. The third-order valence-electron chi connectivity index (χ3n) is 3.37. The van der Waals surface area contributed by atoms with Crippen molar-refractivity contribution in [3.63, 3.8) is 0 Å². The van der Waals surface area contributed by atoms with E-state index in [4.69, 9.17) is 14.2 Å². The molecule has 1 aliphatic rings. The van der Waals surface area contributed by atoms with Crippen LogP contribution in [-0.2, 0) is 23.8 Å². The van der Waals surface area contributed by atoms with E-state index in [-0.39, 0.29) is 24.1 Å². The molecule has 0 amide bonds. The van der Waals surface area contributed by atoms with E-state index < -0.39 is 5.79 Å². The van der Waals surface area contributed by atoms with Gasteiger partial charge < -0.3 is 14.2 Å². The zero-order valence-corrected chi connectivity index (χ0v) is 12.1. The third-order valence-corrected chi connectivity index (χ3v) is 3.37. The lowest BCUT2D eigenvalue weighted by Gasteiger charge is -2.23. The number of carbonyl (C=O) groups excluding carboxylic acids is 2. The van der Waals surface area contributed by atoms with Crippen molar-refractivity contribution in [1.82, 2.24) is 0 Å². The second-order valence-electron chi connectivity index (χ2n) is 5.04. The molecule has 0 aromatic heterocycles. The molecule has 0 aliphatic carbocycles. The van der Waals surface area contributed by atoms with Gasteiger partial charge in [-0.15, -0.1) is 0 Å². The monoisotopic (exact) mass is 272 g/mol. The maximum atomic E-state index is 11.5. The highest BCUT2D eigenvalue weighted by Gasteiger charge is 2.31. The molecule has 1 unspecified atom stereocenters. The van der Waals surface area contributed by atoms with Crippen molar-refractivity contribution >= 4 is 11.8 Å². The summed E-state index contributed by atoms with van der Waals surface area (Å²) in [7, 11) is 0. The Bertz CT molecular complexity index is 307. The van der Waals surface area contributed by atoms with Crippen molar-refractivity contribution in [2.45, 2.75) is 52.2 Å². The van der Waals surface area contributed by atoms with Crippen molar-refractivity contribution in [3.05, 3.63) is 0 Å². The fourth-order valence-corrected chi connectivity index (χ4v) is 2.24. The number of ketones is 1. The molecule has 0 bridgehead atoms. The van der Waals surface area contributed by atoms with Gasteiger partial charge in [0, 0.05) is 12.3 Å². The second kappa shape index (κ2) is 7.60. The predicted octanol–water partition coefficient (Wildman–Crippen LogP) is 2.08. The fraction of sp³-hybridized carbons (Fsp3) is 0.857. The summed E-state index contributed by atoms with van der Waals surface area (Å²) in [5, 5.41) is 0. The lowest BCUT2D eigenvalue weighted by Crippen LogP contribution is -2.26. The maximum Gasteiger partial charge on any atom is 0.306 e. The summed E-state index contributed by atoms with van der Waals surface area (Å²) in [5.41, 5.74) is 0. The van der Waals surface area contributed by atoms with Crippen LogP contribution in [0.5, 0.6) is 0 Å². The van der Waals surface area contributed by atoms with Gasteiger partial charge in [-0.2, -0.15) is 0 Å². The van der Waals surface area contributed by atoms with Crippen LogP contribution < -0.4 is 0 Å². The first-order chi connectivity index (χ1) is 8.97. The molecule has 0 N–H and O–H groups in total. The van der Waals surface area contributed by atoms with Crippen molar-refractivity contribution < 1.29 is 23.8 Å². The molecule has 110 valence electrons. The molecule has 1 heterocycles. The van der Waals surface area contributed by atoms with Crippen molar-refractivity contribution in [2.75, 3.05) is 19.8 Å². The van der Waals surface area contributed by atoms with E-state index >= 15 is 0 Å². The van der Waals surface area contributed by atoms with Crippen LogP contribution in [0.4, 0.5) is 0 Å². The number of Topliss-reactive ketones (excluding diaryl/α,β-unsaturated/α-hetero) is 1. The first-order valence-corrected chi connectivity index (χ1v) is 6.91. The van der Waals surface area contributed by atoms with E-state index in [0.717, 1.165) is 12.8 Å². The van der Waals surface area contributed by atoms with E-state index in [2.05, 4.69) is 0 Å². The van der Waals surface area contributed by atoms with Crippen LogP contribution in [0.1, 0.15) is 46.5 Å². The highest BCUT2D eigenvalue weighted by atomic mass is 16.7. The van der Waals surface area contributed by atoms with E-state index in [1.165, 1.54) is 6.92 Å². The summed E-state index contributed by atoms with van der Waals surface area (Å²) in [5.74, 6) is -1.05. The zero-order valence-electron chi connectivity index (χ0n) is 12.1. The molecule has 0 aromatic rings. The van der Waals surface area contributed by atoms with Crippen LogP contribution in [0.3, 0.4) is 0 Å². The second-order valence-corrected chi connectivity index (χ2v) is 5.04. The van der Waals surface area contributed by atoms with Crippen molar-refractivity contribution in [1.29, 1.82) is 0 Å². The van der Waals surface area contributed by atoms with Crippen molar-refractivity contribution in [2.24, 2.45) is 5.92 Å². The number of rotatable bonds is 8. The molecule has 0 radical (unpaired) electrons. The average Bonchev–Trinajstić information content (AvgIpc) is 2.75. The van der Waals surface area contributed by atoms with Crippen LogP contribution in [-0.4, -0.2) is 37.4 Å². The minimum atomic E-state index is -0.523. The van der Waals surface area contributed by atoms with Gasteiger partial charge in [-0.3, -0.25) is 9.59 Å². The van der Waals surface area contributed by atoms with Gasteiger partial charge in [0.25, 0.3) is 0 Å². The molecule has 1 saturated heterocycles. The smallest absolute Gasteiger partial charge is 0.306 e. The molecule has 1 aliphatic heterocycles. The minimum Gasteiger partial charge on any atom is -0.466 e. The Hall–Kier alpha value is -0.940. The molecule has 5 heteroatoms. The van der Waals surface area contributed by atoms with E-state index in [0.29, 0.717) is 26.2 Å². The third kappa shape index (κ3) is 5.70. The molecular weight excluding hydrogens is 248 g/mol. The Kier molecular flexibility index (Phi) is 6.45. The minimum absolute atomic E-state index is 0.0338. The molecule has 0 spiro atoms. The Morgan fingerprint density at radius 2 is 1.95 bits per heavy atom. The largest absolute Gasteiger partial charge is 0.466 e. The number of carbonyl (C=O) groups is 2.